The minimum atomic E-state index is 0.346. The molecule has 0 bridgehead atoms. The van der Waals surface area contributed by atoms with Gasteiger partial charge in [0.2, 0.25) is 0 Å². The van der Waals surface area contributed by atoms with Crippen molar-refractivity contribution < 1.29 is 0 Å². The Hall–Kier alpha value is -2.54. The van der Waals surface area contributed by atoms with Gasteiger partial charge in [0.15, 0.2) is 11.5 Å². The number of nitrogens with zero attached hydrogens (tertiary/aromatic N) is 5. The number of hydrogen-bond acceptors (Lipinski definition) is 6. The molecule has 0 unspecified atom stereocenters. The zero-order chi connectivity index (χ0) is 15.6. The summed E-state index contributed by atoms with van der Waals surface area (Å²) in [6.07, 6.45) is 5.51. The number of imidazole rings is 1. The SMILES string of the molecule is Nc1nc(C2CCN(Cc3ccccn3)CC2)nc2nc[nH]c12. The molecule has 3 N–H and O–H groups in total. The molecule has 0 amide bonds. The fourth-order valence-corrected chi connectivity index (χ4v) is 3.13. The maximum absolute atomic E-state index is 6.00. The smallest absolute Gasteiger partial charge is 0.183 e. The van der Waals surface area contributed by atoms with Crippen molar-refractivity contribution in [3.05, 3.63) is 42.2 Å². The molecule has 3 aromatic heterocycles. The van der Waals surface area contributed by atoms with Gasteiger partial charge in [0, 0.05) is 18.7 Å². The number of aromatic amines is 1. The average Bonchev–Trinajstić information content (AvgIpc) is 3.06. The maximum atomic E-state index is 6.00. The normalized spacial score (nSPS) is 16.9. The molecule has 1 aliphatic rings. The van der Waals surface area contributed by atoms with E-state index in [1.54, 1.807) is 6.33 Å². The van der Waals surface area contributed by atoms with E-state index in [0.29, 0.717) is 17.4 Å². The Labute approximate surface area is 134 Å². The number of nitrogen functional groups attached to an aromatic ring is 1. The second kappa shape index (κ2) is 5.92. The van der Waals surface area contributed by atoms with Gasteiger partial charge in [0.25, 0.3) is 0 Å². The summed E-state index contributed by atoms with van der Waals surface area (Å²) in [6, 6.07) is 6.05. The fraction of sp³-hybridized carbons (Fsp3) is 0.375. The fourth-order valence-electron chi connectivity index (χ4n) is 3.13. The highest BCUT2D eigenvalue weighted by Gasteiger charge is 2.24. The van der Waals surface area contributed by atoms with Crippen LogP contribution in [0.4, 0.5) is 5.82 Å². The van der Waals surface area contributed by atoms with Crippen LogP contribution in [0.3, 0.4) is 0 Å². The molecule has 23 heavy (non-hydrogen) atoms. The first kappa shape index (κ1) is 14.1. The van der Waals surface area contributed by atoms with E-state index in [-0.39, 0.29) is 0 Å². The van der Waals surface area contributed by atoms with Crippen LogP contribution in [0.25, 0.3) is 11.2 Å². The lowest BCUT2D eigenvalue weighted by Gasteiger charge is -2.30. The molecule has 4 rings (SSSR count). The molecule has 3 aromatic rings. The Morgan fingerprint density at radius 3 is 2.83 bits per heavy atom. The van der Waals surface area contributed by atoms with E-state index in [4.69, 9.17) is 5.73 Å². The first-order valence-corrected chi connectivity index (χ1v) is 7.88. The highest BCUT2D eigenvalue weighted by Crippen LogP contribution is 2.28. The van der Waals surface area contributed by atoms with Crippen molar-refractivity contribution in [3.8, 4) is 0 Å². The van der Waals surface area contributed by atoms with Gasteiger partial charge in [-0.25, -0.2) is 15.0 Å². The first-order chi connectivity index (χ1) is 11.3. The van der Waals surface area contributed by atoms with Gasteiger partial charge in [-0.2, -0.15) is 0 Å². The standard InChI is InChI=1S/C16H19N7/c17-14-13-16(20-10-19-13)22-15(21-14)11-4-7-23(8-5-11)9-12-3-1-2-6-18-12/h1-3,6,10-11H,4-5,7-9H2,(H3,17,19,20,21,22). The van der Waals surface area contributed by atoms with Gasteiger partial charge in [0.1, 0.15) is 11.3 Å². The van der Waals surface area contributed by atoms with Crippen molar-refractivity contribution in [2.24, 2.45) is 0 Å². The van der Waals surface area contributed by atoms with Gasteiger partial charge in [0.05, 0.1) is 12.0 Å². The van der Waals surface area contributed by atoms with E-state index in [2.05, 4.69) is 35.9 Å². The lowest BCUT2D eigenvalue weighted by atomic mass is 9.95. The number of fused-ring (bicyclic) bond motifs is 1. The van der Waals surface area contributed by atoms with Crippen LogP contribution >= 0.6 is 0 Å². The van der Waals surface area contributed by atoms with Gasteiger partial charge in [-0.1, -0.05) is 6.07 Å². The number of aromatic nitrogens is 5. The molecule has 0 saturated carbocycles. The molecule has 118 valence electrons. The summed E-state index contributed by atoms with van der Waals surface area (Å²) in [5.74, 6) is 1.65. The van der Waals surface area contributed by atoms with Gasteiger partial charge in [-0.05, 0) is 38.1 Å². The molecule has 1 fully saturated rings. The van der Waals surface area contributed by atoms with Crippen molar-refractivity contribution in [3.63, 3.8) is 0 Å². The molecular weight excluding hydrogens is 290 g/mol. The summed E-state index contributed by atoms with van der Waals surface area (Å²) < 4.78 is 0. The Morgan fingerprint density at radius 1 is 1.17 bits per heavy atom. The zero-order valence-electron chi connectivity index (χ0n) is 12.8. The molecule has 7 nitrogen and oxygen atoms in total. The number of piperidine rings is 1. The van der Waals surface area contributed by atoms with Crippen molar-refractivity contribution in [1.29, 1.82) is 0 Å². The van der Waals surface area contributed by atoms with Gasteiger partial charge in [-0.3, -0.25) is 9.88 Å². The Morgan fingerprint density at radius 2 is 2.04 bits per heavy atom. The number of likely N-dealkylation sites (tertiary alicyclic amines) is 1. The van der Waals surface area contributed by atoms with Crippen LogP contribution in [0.5, 0.6) is 0 Å². The third-order valence-electron chi connectivity index (χ3n) is 4.40. The van der Waals surface area contributed by atoms with E-state index in [1.165, 1.54) is 0 Å². The van der Waals surface area contributed by atoms with Gasteiger partial charge >= 0.3 is 0 Å². The van der Waals surface area contributed by atoms with E-state index in [9.17, 15) is 0 Å². The minimum Gasteiger partial charge on any atom is -0.382 e. The number of nitrogens with one attached hydrogen (secondary N) is 1. The molecule has 0 aliphatic carbocycles. The number of nitrogens with two attached hydrogens (primary N) is 1. The molecule has 0 aromatic carbocycles. The quantitative estimate of drug-likeness (QED) is 0.764. The number of H-pyrrole nitrogens is 1. The molecular formula is C16H19N7. The summed E-state index contributed by atoms with van der Waals surface area (Å²) in [6.45, 7) is 2.93. The van der Waals surface area contributed by atoms with E-state index in [0.717, 1.165) is 49.5 Å². The second-order valence-electron chi connectivity index (χ2n) is 5.94. The molecule has 0 radical (unpaired) electrons. The van der Waals surface area contributed by atoms with Crippen LogP contribution in [0.1, 0.15) is 30.3 Å². The lowest BCUT2D eigenvalue weighted by Crippen LogP contribution is -2.33. The van der Waals surface area contributed by atoms with Crippen molar-refractivity contribution in [2.75, 3.05) is 18.8 Å². The number of pyridine rings is 1. The summed E-state index contributed by atoms with van der Waals surface area (Å²) in [5.41, 5.74) is 8.49. The van der Waals surface area contributed by atoms with Crippen molar-refractivity contribution >= 4 is 17.0 Å². The predicted octanol–water partition coefficient (Wildman–Crippen LogP) is 1.71. The van der Waals surface area contributed by atoms with E-state index >= 15 is 0 Å². The predicted molar refractivity (Wildman–Crippen MR) is 87.6 cm³/mol. The molecule has 0 atom stereocenters. The van der Waals surface area contributed by atoms with Crippen LogP contribution in [-0.2, 0) is 6.54 Å². The highest BCUT2D eigenvalue weighted by atomic mass is 15.1. The highest BCUT2D eigenvalue weighted by molar-refractivity contribution is 5.80. The topological polar surface area (TPSA) is 96.6 Å². The van der Waals surface area contributed by atoms with Crippen molar-refractivity contribution in [2.45, 2.75) is 25.3 Å². The lowest BCUT2D eigenvalue weighted by molar-refractivity contribution is 0.200. The van der Waals surface area contributed by atoms with Gasteiger partial charge < -0.3 is 10.7 Å². The number of anilines is 1. The van der Waals surface area contributed by atoms with E-state index < -0.39 is 0 Å². The summed E-state index contributed by atoms with van der Waals surface area (Å²) in [5, 5.41) is 0. The Bertz CT molecular complexity index is 791. The maximum Gasteiger partial charge on any atom is 0.183 e. The van der Waals surface area contributed by atoms with Crippen LogP contribution in [0.2, 0.25) is 0 Å². The number of rotatable bonds is 3. The zero-order valence-corrected chi connectivity index (χ0v) is 12.8. The van der Waals surface area contributed by atoms with E-state index in [1.807, 2.05) is 18.3 Å². The number of hydrogen-bond donors (Lipinski definition) is 2. The molecule has 4 heterocycles. The largest absolute Gasteiger partial charge is 0.382 e. The second-order valence-corrected chi connectivity index (χ2v) is 5.94. The van der Waals surface area contributed by atoms with Gasteiger partial charge in [-0.15, -0.1) is 0 Å². The average molecular weight is 309 g/mol. The molecule has 1 saturated heterocycles. The summed E-state index contributed by atoms with van der Waals surface area (Å²) >= 11 is 0. The van der Waals surface area contributed by atoms with Crippen molar-refractivity contribution in [1.82, 2.24) is 29.8 Å². The molecule has 0 spiro atoms. The minimum absolute atomic E-state index is 0.346. The van der Waals surface area contributed by atoms with Crippen LogP contribution in [-0.4, -0.2) is 42.9 Å². The van der Waals surface area contributed by atoms with Crippen LogP contribution in [0.15, 0.2) is 30.7 Å². The molecule has 7 heteroatoms. The monoisotopic (exact) mass is 309 g/mol. The summed E-state index contributed by atoms with van der Waals surface area (Å²) in [4.78, 5) is 23.0. The van der Waals surface area contributed by atoms with Crippen LogP contribution in [0, 0.1) is 0 Å². The molecule has 1 aliphatic heterocycles. The van der Waals surface area contributed by atoms with Crippen LogP contribution < -0.4 is 5.73 Å². The Kier molecular flexibility index (Phi) is 3.63. The summed E-state index contributed by atoms with van der Waals surface area (Å²) in [7, 11) is 0. The third-order valence-corrected chi connectivity index (χ3v) is 4.40. The third kappa shape index (κ3) is 2.87. The Balaban J connectivity index is 1.44. The first-order valence-electron chi connectivity index (χ1n) is 7.88.